The van der Waals surface area contributed by atoms with Crippen molar-refractivity contribution >= 4 is 11.6 Å². The van der Waals surface area contributed by atoms with Crippen molar-refractivity contribution in [2.45, 2.75) is 32.9 Å². The van der Waals surface area contributed by atoms with Gasteiger partial charge in [0.25, 0.3) is 0 Å². The topological polar surface area (TPSA) is 69.6 Å². The quantitative estimate of drug-likeness (QED) is 0.917. The van der Waals surface area contributed by atoms with Crippen molar-refractivity contribution in [3.8, 4) is 0 Å². The van der Waals surface area contributed by atoms with Gasteiger partial charge in [-0.25, -0.2) is 9.97 Å². The van der Waals surface area contributed by atoms with Crippen molar-refractivity contribution in [1.82, 2.24) is 19.7 Å². The zero-order valence-corrected chi connectivity index (χ0v) is 11.2. The third kappa shape index (κ3) is 2.52. The van der Waals surface area contributed by atoms with E-state index in [0.29, 0.717) is 17.3 Å². The number of nitrogens with zero attached hydrogens (tertiary/aromatic N) is 4. The number of rotatable bonds is 4. The average Bonchev–Trinajstić information content (AvgIpc) is 2.67. The minimum absolute atomic E-state index is 0.273. The summed E-state index contributed by atoms with van der Waals surface area (Å²) in [7, 11) is 0. The highest BCUT2D eigenvalue weighted by molar-refractivity contribution is 6.31. The Morgan fingerprint density at radius 3 is 2.67 bits per heavy atom. The summed E-state index contributed by atoms with van der Waals surface area (Å²) in [5.74, 6) is 0.620. The van der Waals surface area contributed by atoms with E-state index in [2.05, 4.69) is 15.1 Å². The maximum absolute atomic E-state index is 6.24. The van der Waals surface area contributed by atoms with Crippen molar-refractivity contribution in [3.63, 3.8) is 0 Å². The Hall–Kier alpha value is -1.46. The second kappa shape index (κ2) is 5.46. The van der Waals surface area contributed by atoms with Crippen molar-refractivity contribution in [3.05, 3.63) is 40.7 Å². The molecule has 0 spiro atoms. The van der Waals surface area contributed by atoms with Crippen molar-refractivity contribution in [2.24, 2.45) is 5.73 Å². The SMILES string of the molecule is CCn1nc(C)c(Cl)c1CC(N)c1ncccn1. The lowest BCUT2D eigenvalue weighted by molar-refractivity contribution is 0.575. The van der Waals surface area contributed by atoms with E-state index in [1.807, 2.05) is 18.5 Å². The van der Waals surface area contributed by atoms with Crippen LogP contribution in [0.25, 0.3) is 0 Å². The summed E-state index contributed by atoms with van der Waals surface area (Å²) in [6.07, 6.45) is 3.95. The highest BCUT2D eigenvalue weighted by atomic mass is 35.5. The van der Waals surface area contributed by atoms with Gasteiger partial charge in [0.05, 0.1) is 22.5 Å². The Morgan fingerprint density at radius 1 is 1.39 bits per heavy atom. The van der Waals surface area contributed by atoms with Crippen molar-refractivity contribution in [1.29, 1.82) is 0 Å². The summed E-state index contributed by atoms with van der Waals surface area (Å²) in [4.78, 5) is 8.32. The maximum Gasteiger partial charge on any atom is 0.145 e. The first kappa shape index (κ1) is 13.0. The van der Waals surface area contributed by atoms with E-state index in [0.717, 1.165) is 17.9 Å². The van der Waals surface area contributed by atoms with Gasteiger partial charge in [-0.05, 0) is 19.9 Å². The van der Waals surface area contributed by atoms with Gasteiger partial charge in [-0.15, -0.1) is 0 Å². The van der Waals surface area contributed by atoms with E-state index in [-0.39, 0.29) is 6.04 Å². The molecule has 2 aromatic rings. The second-order valence-corrected chi connectivity index (χ2v) is 4.46. The first-order chi connectivity index (χ1) is 8.63. The highest BCUT2D eigenvalue weighted by Crippen LogP contribution is 2.23. The van der Waals surface area contributed by atoms with E-state index < -0.39 is 0 Å². The fourth-order valence-electron chi connectivity index (χ4n) is 1.87. The molecular weight excluding hydrogens is 250 g/mol. The first-order valence-electron chi connectivity index (χ1n) is 5.87. The van der Waals surface area contributed by atoms with Crippen LogP contribution in [0.2, 0.25) is 5.02 Å². The Bertz CT molecular complexity index is 523. The van der Waals surface area contributed by atoms with Crippen LogP contribution in [0.4, 0.5) is 0 Å². The van der Waals surface area contributed by atoms with Crippen LogP contribution in [0, 0.1) is 6.92 Å². The van der Waals surface area contributed by atoms with Crippen LogP contribution >= 0.6 is 11.6 Å². The van der Waals surface area contributed by atoms with Gasteiger partial charge in [-0.1, -0.05) is 11.6 Å². The molecule has 18 heavy (non-hydrogen) atoms. The zero-order valence-electron chi connectivity index (χ0n) is 10.5. The third-order valence-electron chi connectivity index (χ3n) is 2.78. The maximum atomic E-state index is 6.24. The third-order valence-corrected chi connectivity index (χ3v) is 3.28. The van der Waals surface area contributed by atoms with Gasteiger partial charge in [0.1, 0.15) is 5.82 Å². The molecule has 2 rings (SSSR count). The second-order valence-electron chi connectivity index (χ2n) is 4.08. The molecule has 0 saturated carbocycles. The highest BCUT2D eigenvalue weighted by Gasteiger charge is 2.17. The van der Waals surface area contributed by atoms with Crippen LogP contribution in [0.1, 0.15) is 30.2 Å². The summed E-state index contributed by atoms with van der Waals surface area (Å²) in [6, 6.07) is 1.49. The Labute approximate surface area is 111 Å². The molecule has 0 radical (unpaired) electrons. The van der Waals surface area contributed by atoms with Gasteiger partial charge in [-0.3, -0.25) is 4.68 Å². The van der Waals surface area contributed by atoms with E-state index in [4.69, 9.17) is 17.3 Å². The Morgan fingerprint density at radius 2 is 2.06 bits per heavy atom. The molecule has 6 heteroatoms. The van der Waals surface area contributed by atoms with Crippen LogP contribution in [0.15, 0.2) is 18.5 Å². The molecule has 0 aromatic carbocycles. The van der Waals surface area contributed by atoms with Crippen LogP contribution in [-0.2, 0) is 13.0 Å². The summed E-state index contributed by atoms with van der Waals surface area (Å²) in [6.45, 7) is 4.69. The zero-order chi connectivity index (χ0) is 13.1. The Balaban J connectivity index is 2.24. The van der Waals surface area contributed by atoms with E-state index >= 15 is 0 Å². The molecule has 0 aliphatic carbocycles. The number of hydrogen-bond donors (Lipinski definition) is 1. The van der Waals surface area contributed by atoms with Gasteiger partial charge in [0.15, 0.2) is 0 Å². The molecule has 0 aliphatic rings. The van der Waals surface area contributed by atoms with Crippen LogP contribution < -0.4 is 5.73 Å². The normalized spacial score (nSPS) is 12.7. The number of nitrogens with two attached hydrogens (primary N) is 1. The summed E-state index contributed by atoms with van der Waals surface area (Å²) < 4.78 is 1.88. The molecule has 96 valence electrons. The van der Waals surface area contributed by atoms with Crippen LogP contribution in [-0.4, -0.2) is 19.7 Å². The van der Waals surface area contributed by atoms with Crippen LogP contribution in [0.5, 0.6) is 0 Å². The van der Waals surface area contributed by atoms with Gasteiger partial charge in [0, 0.05) is 25.4 Å². The largest absolute Gasteiger partial charge is 0.321 e. The molecule has 5 nitrogen and oxygen atoms in total. The van der Waals surface area contributed by atoms with E-state index in [1.165, 1.54) is 0 Å². The Kier molecular flexibility index (Phi) is 3.93. The molecule has 0 fully saturated rings. The lowest BCUT2D eigenvalue weighted by atomic mass is 10.1. The molecule has 1 atom stereocenters. The lowest BCUT2D eigenvalue weighted by Gasteiger charge is -2.11. The molecule has 1 unspecified atom stereocenters. The number of halogens is 1. The van der Waals surface area contributed by atoms with Crippen molar-refractivity contribution in [2.75, 3.05) is 0 Å². The molecule has 2 aromatic heterocycles. The van der Waals surface area contributed by atoms with Crippen LogP contribution in [0.3, 0.4) is 0 Å². The molecule has 0 amide bonds. The predicted molar refractivity (Wildman–Crippen MR) is 70.3 cm³/mol. The smallest absolute Gasteiger partial charge is 0.145 e. The number of aromatic nitrogens is 4. The number of hydrogen-bond acceptors (Lipinski definition) is 4. The van der Waals surface area contributed by atoms with Crippen molar-refractivity contribution < 1.29 is 0 Å². The van der Waals surface area contributed by atoms with E-state index in [1.54, 1.807) is 18.5 Å². The minimum Gasteiger partial charge on any atom is -0.321 e. The molecule has 2 heterocycles. The molecular formula is C12H16ClN5. The summed E-state index contributed by atoms with van der Waals surface area (Å²) in [5, 5.41) is 5.05. The van der Waals surface area contributed by atoms with Gasteiger partial charge < -0.3 is 5.73 Å². The minimum atomic E-state index is -0.273. The fourth-order valence-corrected chi connectivity index (χ4v) is 2.08. The predicted octanol–water partition coefficient (Wildman–Crippen LogP) is 1.90. The molecule has 0 saturated heterocycles. The number of aryl methyl sites for hydroxylation is 2. The fraction of sp³-hybridized carbons (Fsp3) is 0.417. The average molecular weight is 266 g/mol. The summed E-state index contributed by atoms with van der Waals surface area (Å²) in [5.41, 5.74) is 7.87. The summed E-state index contributed by atoms with van der Waals surface area (Å²) >= 11 is 6.24. The van der Waals surface area contributed by atoms with E-state index in [9.17, 15) is 0 Å². The van der Waals surface area contributed by atoms with Gasteiger partial charge >= 0.3 is 0 Å². The van der Waals surface area contributed by atoms with Gasteiger partial charge in [-0.2, -0.15) is 5.10 Å². The molecule has 2 N–H and O–H groups in total. The molecule has 0 aliphatic heterocycles. The standard InChI is InChI=1S/C12H16ClN5/c1-3-18-10(11(13)8(2)17-18)7-9(14)12-15-5-4-6-16-12/h4-6,9H,3,7,14H2,1-2H3. The molecule has 0 bridgehead atoms. The van der Waals surface area contributed by atoms with Gasteiger partial charge in [0.2, 0.25) is 0 Å². The monoisotopic (exact) mass is 265 g/mol. The first-order valence-corrected chi connectivity index (χ1v) is 6.25. The lowest BCUT2D eigenvalue weighted by Crippen LogP contribution is -2.18.